The molecule has 0 unspecified atom stereocenters. The van der Waals surface area contributed by atoms with Crippen LogP contribution in [0.4, 0.5) is 0 Å². The molecule has 1 heteroatoms. The maximum absolute atomic E-state index is 6.86. The van der Waals surface area contributed by atoms with Crippen molar-refractivity contribution in [3.63, 3.8) is 0 Å². The van der Waals surface area contributed by atoms with Gasteiger partial charge < -0.3 is 4.42 Å². The molecule has 35 heavy (non-hydrogen) atoms. The molecule has 0 saturated heterocycles. The predicted octanol–water partition coefficient (Wildman–Crippen LogP) is 9.74. The second-order valence-corrected chi connectivity index (χ2v) is 8.88. The van der Waals surface area contributed by atoms with Crippen molar-refractivity contribution in [2.75, 3.05) is 0 Å². The molecule has 1 heterocycles. The van der Waals surface area contributed by atoms with Crippen LogP contribution < -0.4 is 0 Å². The van der Waals surface area contributed by atoms with Crippen molar-refractivity contribution in [3.05, 3.63) is 133 Å². The van der Waals surface area contributed by atoms with Crippen LogP contribution in [0, 0.1) is 0 Å². The Morgan fingerprint density at radius 3 is 1.26 bits per heavy atom. The molecule has 1 nitrogen and oxygen atoms in total. The minimum absolute atomic E-state index is 0.910. The number of fused-ring (bicyclic) bond motifs is 4. The zero-order valence-electron chi connectivity index (χ0n) is 19.1. The smallest absolute Gasteiger partial charge is 0.143 e. The summed E-state index contributed by atoms with van der Waals surface area (Å²) in [4.78, 5) is 0. The first-order chi connectivity index (χ1) is 17.4. The van der Waals surface area contributed by atoms with Crippen LogP contribution >= 0.6 is 0 Å². The van der Waals surface area contributed by atoms with Gasteiger partial charge in [0.15, 0.2) is 0 Å². The van der Waals surface area contributed by atoms with E-state index in [-0.39, 0.29) is 0 Å². The van der Waals surface area contributed by atoms with E-state index in [2.05, 4.69) is 127 Å². The van der Waals surface area contributed by atoms with Gasteiger partial charge >= 0.3 is 0 Å². The molecule has 1 aromatic heterocycles. The van der Waals surface area contributed by atoms with Crippen LogP contribution in [0.1, 0.15) is 0 Å². The topological polar surface area (TPSA) is 13.1 Å². The van der Waals surface area contributed by atoms with E-state index < -0.39 is 0 Å². The van der Waals surface area contributed by atoms with Gasteiger partial charge in [-0.3, -0.25) is 0 Å². The molecule has 0 aliphatic carbocycles. The second-order valence-electron chi connectivity index (χ2n) is 8.88. The van der Waals surface area contributed by atoms with Crippen LogP contribution in [0.2, 0.25) is 0 Å². The van der Waals surface area contributed by atoms with Crippen molar-refractivity contribution < 1.29 is 4.42 Å². The molecule has 0 saturated carbocycles. The van der Waals surface area contributed by atoms with Crippen LogP contribution in [0.5, 0.6) is 0 Å². The first kappa shape index (κ1) is 19.8. The summed E-state index contributed by atoms with van der Waals surface area (Å²) >= 11 is 0. The lowest BCUT2D eigenvalue weighted by Gasteiger charge is -2.17. The van der Waals surface area contributed by atoms with E-state index >= 15 is 0 Å². The van der Waals surface area contributed by atoms with E-state index in [1.165, 1.54) is 32.7 Å². The van der Waals surface area contributed by atoms with Gasteiger partial charge in [0.2, 0.25) is 0 Å². The summed E-state index contributed by atoms with van der Waals surface area (Å²) in [6, 6.07) is 47.0. The van der Waals surface area contributed by atoms with Gasteiger partial charge in [-0.15, -0.1) is 0 Å². The first-order valence-corrected chi connectivity index (χ1v) is 12.0. The Balaban J connectivity index is 1.70. The molecule has 164 valence electrons. The quantitative estimate of drug-likeness (QED) is 0.246. The van der Waals surface area contributed by atoms with Gasteiger partial charge in [-0.25, -0.2) is 0 Å². The lowest BCUT2D eigenvalue weighted by atomic mass is 9.86. The van der Waals surface area contributed by atoms with E-state index in [0.29, 0.717) is 0 Å². The van der Waals surface area contributed by atoms with E-state index in [0.717, 1.165) is 33.4 Å². The van der Waals surface area contributed by atoms with E-state index in [1.54, 1.807) is 0 Å². The first-order valence-electron chi connectivity index (χ1n) is 12.0. The number of hydrogen-bond acceptors (Lipinski definition) is 1. The molecule has 0 fully saturated rings. The Morgan fingerprint density at radius 1 is 0.286 bits per heavy atom. The molecule has 0 aliphatic heterocycles. The van der Waals surface area contributed by atoms with Crippen LogP contribution in [0.15, 0.2) is 138 Å². The van der Waals surface area contributed by atoms with Crippen LogP contribution in [0.25, 0.3) is 66.1 Å². The molecule has 0 bridgehead atoms. The lowest BCUT2D eigenvalue weighted by Crippen LogP contribution is -1.91. The third-order valence-corrected chi connectivity index (χ3v) is 6.88. The minimum Gasteiger partial charge on any atom is -0.455 e. The largest absolute Gasteiger partial charge is 0.455 e. The molecule has 0 amide bonds. The Hall–Kier alpha value is -4.62. The van der Waals surface area contributed by atoms with Crippen molar-refractivity contribution in [2.45, 2.75) is 0 Å². The molecule has 0 aliphatic rings. The molecule has 0 radical (unpaired) electrons. The summed E-state index contributed by atoms with van der Waals surface area (Å²) in [5.74, 6) is 1.83. The van der Waals surface area contributed by atoms with E-state index in [9.17, 15) is 0 Å². The zero-order chi connectivity index (χ0) is 23.2. The Morgan fingerprint density at radius 2 is 0.686 bits per heavy atom. The average Bonchev–Trinajstić information content (AvgIpc) is 3.33. The van der Waals surface area contributed by atoms with E-state index in [1.807, 2.05) is 6.07 Å². The Labute approximate surface area is 203 Å². The summed E-state index contributed by atoms with van der Waals surface area (Å²) in [6.45, 7) is 0. The highest BCUT2D eigenvalue weighted by Crippen LogP contribution is 2.48. The highest BCUT2D eigenvalue weighted by Gasteiger charge is 2.23. The van der Waals surface area contributed by atoms with Crippen LogP contribution in [-0.4, -0.2) is 0 Å². The fraction of sp³-hybridized carbons (Fsp3) is 0. The molecule has 7 aromatic rings. The SMILES string of the molecule is c1ccc(-c2oc(-c3c(-c4ccccc4)c4ccccc4c4ccccc34)c3ccccc23)cc1. The third kappa shape index (κ3) is 3.09. The summed E-state index contributed by atoms with van der Waals surface area (Å²) in [5, 5.41) is 7.18. The van der Waals surface area contributed by atoms with Gasteiger partial charge in [-0.05, 0) is 27.1 Å². The summed E-state index contributed by atoms with van der Waals surface area (Å²) in [5.41, 5.74) is 4.62. The number of furan rings is 1. The number of benzene rings is 6. The minimum atomic E-state index is 0.910. The van der Waals surface area contributed by atoms with E-state index in [4.69, 9.17) is 4.42 Å². The molecule has 6 aromatic carbocycles. The van der Waals surface area contributed by atoms with Crippen LogP contribution in [-0.2, 0) is 0 Å². The molecular formula is C34H22O. The van der Waals surface area contributed by atoms with Gasteiger partial charge in [0.05, 0.1) is 0 Å². The summed E-state index contributed by atoms with van der Waals surface area (Å²) in [6.07, 6.45) is 0. The van der Waals surface area contributed by atoms with Crippen molar-refractivity contribution in [1.82, 2.24) is 0 Å². The van der Waals surface area contributed by atoms with Crippen LogP contribution in [0.3, 0.4) is 0 Å². The normalized spacial score (nSPS) is 11.4. The van der Waals surface area contributed by atoms with Gasteiger partial charge in [0.25, 0.3) is 0 Å². The molecule has 7 rings (SSSR count). The second kappa shape index (κ2) is 8.00. The monoisotopic (exact) mass is 446 g/mol. The summed E-state index contributed by atoms with van der Waals surface area (Å²) < 4.78 is 6.86. The third-order valence-electron chi connectivity index (χ3n) is 6.88. The van der Waals surface area contributed by atoms with Gasteiger partial charge in [-0.2, -0.15) is 0 Å². The Kier molecular flexibility index (Phi) is 4.53. The van der Waals surface area contributed by atoms with Crippen molar-refractivity contribution >= 4 is 32.3 Å². The molecular weight excluding hydrogens is 424 g/mol. The average molecular weight is 447 g/mol. The van der Waals surface area contributed by atoms with Crippen molar-refractivity contribution in [3.8, 4) is 33.8 Å². The molecule has 0 spiro atoms. The highest BCUT2D eigenvalue weighted by molar-refractivity contribution is 6.23. The lowest BCUT2D eigenvalue weighted by molar-refractivity contribution is 0.603. The fourth-order valence-electron chi connectivity index (χ4n) is 5.36. The number of hydrogen-bond donors (Lipinski definition) is 0. The molecule has 0 atom stereocenters. The Bertz CT molecular complexity index is 1830. The summed E-state index contributed by atoms with van der Waals surface area (Å²) in [7, 11) is 0. The maximum atomic E-state index is 6.86. The molecule has 0 N–H and O–H groups in total. The van der Waals surface area contributed by atoms with Crippen molar-refractivity contribution in [1.29, 1.82) is 0 Å². The highest BCUT2D eigenvalue weighted by atomic mass is 16.3. The number of rotatable bonds is 3. The maximum Gasteiger partial charge on any atom is 0.143 e. The zero-order valence-corrected chi connectivity index (χ0v) is 19.1. The fourth-order valence-corrected chi connectivity index (χ4v) is 5.36. The standard InChI is InChI=1S/C34H22O/c1-3-13-23(14-4-1)31-27-19-9-7-17-25(27)26-18-8-10-20-28(26)32(31)34-30-22-12-11-21-29(30)33(35-34)24-15-5-2-6-16-24/h1-22H. The van der Waals surface area contributed by atoms with Gasteiger partial charge in [0.1, 0.15) is 11.5 Å². The van der Waals surface area contributed by atoms with Crippen molar-refractivity contribution in [2.24, 2.45) is 0 Å². The van der Waals surface area contributed by atoms with Gasteiger partial charge in [0, 0.05) is 27.5 Å². The van der Waals surface area contributed by atoms with Gasteiger partial charge in [-0.1, -0.05) is 133 Å². The predicted molar refractivity (Wildman–Crippen MR) is 148 cm³/mol.